The Morgan fingerprint density at radius 3 is 2.59 bits per heavy atom. The lowest BCUT2D eigenvalue weighted by molar-refractivity contribution is 0.164. The first-order chi connectivity index (χ1) is 13.3. The van der Waals surface area contributed by atoms with Crippen LogP contribution in [0, 0.1) is 5.92 Å². The van der Waals surface area contributed by atoms with E-state index in [1.54, 1.807) is 46.5 Å². The molecule has 3 aromatic rings. The summed E-state index contributed by atoms with van der Waals surface area (Å²) in [5.74, 6) is 0.507. The molecule has 1 saturated heterocycles. The van der Waals surface area contributed by atoms with Crippen molar-refractivity contribution >= 4 is 0 Å². The van der Waals surface area contributed by atoms with E-state index in [0.717, 1.165) is 51.1 Å². The van der Waals surface area contributed by atoms with Crippen LogP contribution in [0.15, 0.2) is 54.1 Å². The molecule has 0 aromatic carbocycles. The summed E-state index contributed by atoms with van der Waals surface area (Å²) in [6.07, 6.45) is 10.7. The monoisotopic (exact) mass is 365 g/mol. The molecule has 140 valence electrons. The van der Waals surface area contributed by atoms with Gasteiger partial charge in [-0.1, -0.05) is 0 Å². The highest BCUT2D eigenvalue weighted by atomic mass is 16.1. The Balaban J connectivity index is 1.30. The second-order valence-electron chi connectivity index (χ2n) is 6.92. The minimum Gasteiger partial charge on any atom is -0.301 e. The summed E-state index contributed by atoms with van der Waals surface area (Å²) in [5, 5.41) is 8.28. The fourth-order valence-electron chi connectivity index (χ4n) is 3.50. The van der Waals surface area contributed by atoms with Crippen LogP contribution in [0.5, 0.6) is 0 Å². The maximum Gasteiger partial charge on any atom is 0.253 e. The summed E-state index contributed by atoms with van der Waals surface area (Å²) < 4.78 is 1.73. The van der Waals surface area contributed by atoms with Crippen LogP contribution in [-0.4, -0.2) is 54.1 Å². The Bertz CT molecular complexity index is 899. The number of piperidine rings is 1. The van der Waals surface area contributed by atoms with Crippen molar-refractivity contribution in [3.05, 3.63) is 59.7 Å². The van der Waals surface area contributed by atoms with Gasteiger partial charge < -0.3 is 4.90 Å². The van der Waals surface area contributed by atoms with Crippen molar-refractivity contribution in [1.82, 2.24) is 34.4 Å². The van der Waals surface area contributed by atoms with E-state index in [1.165, 1.54) is 0 Å². The van der Waals surface area contributed by atoms with E-state index < -0.39 is 0 Å². The van der Waals surface area contributed by atoms with Gasteiger partial charge in [0.1, 0.15) is 0 Å². The summed E-state index contributed by atoms with van der Waals surface area (Å²) in [4.78, 5) is 25.1. The van der Waals surface area contributed by atoms with E-state index in [1.807, 2.05) is 12.1 Å². The predicted octanol–water partition coefficient (Wildman–Crippen LogP) is 1.31. The maximum atomic E-state index is 12.5. The predicted molar refractivity (Wildman–Crippen MR) is 101 cm³/mol. The maximum absolute atomic E-state index is 12.5. The van der Waals surface area contributed by atoms with E-state index in [-0.39, 0.29) is 5.56 Å². The van der Waals surface area contributed by atoms with Gasteiger partial charge in [-0.05, 0) is 44.0 Å². The quantitative estimate of drug-likeness (QED) is 0.655. The average molecular weight is 365 g/mol. The van der Waals surface area contributed by atoms with Gasteiger partial charge in [-0.3, -0.25) is 14.3 Å². The average Bonchev–Trinajstić information content (AvgIpc) is 3.23. The van der Waals surface area contributed by atoms with E-state index in [2.05, 4.69) is 25.1 Å². The Kier molecular flexibility index (Phi) is 5.34. The number of hydrogen-bond donors (Lipinski definition) is 0. The zero-order chi connectivity index (χ0) is 18.5. The highest BCUT2D eigenvalue weighted by Gasteiger charge is 2.20. The number of pyridine rings is 1. The molecule has 4 heterocycles. The van der Waals surface area contributed by atoms with Crippen LogP contribution in [-0.2, 0) is 13.1 Å². The minimum absolute atomic E-state index is 0.00367. The molecule has 0 amide bonds. The van der Waals surface area contributed by atoms with Crippen LogP contribution < -0.4 is 5.56 Å². The molecule has 0 N–H and O–H groups in total. The number of nitrogens with zero attached hydrogens (tertiary/aromatic N) is 7. The largest absolute Gasteiger partial charge is 0.301 e. The third kappa shape index (κ3) is 4.46. The highest BCUT2D eigenvalue weighted by Crippen LogP contribution is 2.19. The van der Waals surface area contributed by atoms with Gasteiger partial charge in [0.15, 0.2) is 0 Å². The van der Waals surface area contributed by atoms with Crippen molar-refractivity contribution in [1.29, 1.82) is 0 Å². The molecule has 3 aromatic heterocycles. The summed E-state index contributed by atoms with van der Waals surface area (Å²) in [6, 6.07) is 5.36. The van der Waals surface area contributed by atoms with Gasteiger partial charge in [0, 0.05) is 37.1 Å². The molecule has 0 bridgehead atoms. The van der Waals surface area contributed by atoms with Crippen LogP contribution >= 0.6 is 0 Å². The van der Waals surface area contributed by atoms with Crippen LogP contribution in [0.4, 0.5) is 0 Å². The van der Waals surface area contributed by atoms with Crippen LogP contribution in [0.1, 0.15) is 12.8 Å². The van der Waals surface area contributed by atoms with Crippen LogP contribution in [0.3, 0.4) is 0 Å². The lowest BCUT2D eigenvalue weighted by Crippen LogP contribution is -2.38. The third-order valence-electron chi connectivity index (χ3n) is 5.08. The zero-order valence-electron chi connectivity index (χ0n) is 15.2. The molecule has 1 fully saturated rings. The van der Waals surface area contributed by atoms with Gasteiger partial charge in [0.05, 0.1) is 31.0 Å². The van der Waals surface area contributed by atoms with Crippen LogP contribution in [0.25, 0.3) is 11.3 Å². The molecule has 0 unspecified atom stereocenters. The van der Waals surface area contributed by atoms with Gasteiger partial charge in [-0.25, -0.2) is 4.98 Å². The Morgan fingerprint density at radius 2 is 1.89 bits per heavy atom. The topological polar surface area (TPSA) is 81.7 Å². The summed E-state index contributed by atoms with van der Waals surface area (Å²) in [5.41, 5.74) is 1.53. The summed E-state index contributed by atoms with van der Waals surface area (Å²) in [7, 11) is 0. The van der Waals surface area contributed by atoms with Crippen molar-refractivity contribution in [2.45, 2.75) is 25.9 Å². The number of hydrogen-bond acceptors (Lipinski definition) is 6. The molecule has 27 heavy (non-hydrogen) atoms. The van der Waals surface area contributed by atoms with E-state index in [0.29, 0.717) is 11.6 Å². The second kappa shape index (κ2) is 8.22. The lowest BCUT2D eigenvalue weighted by atomic mass is 9.96. The fraction of sp³-hybridized carbons (Fsp3) is 0.421. The SMILES string of the molecule is O=c1cc(-c2cccnc2)ncn1CC1CCN(CCn2nccn2)CC1. The molecule has 0 aliphatic carbocycles. The molecule has 8 nitrogen and oxygen atoms in total. The first-order valence-electron chi connectivity index (χ1n) is 9.31. The van der Waals surface area contributed by atoms with Gasteiger partial charge in [-0.2, -0.15) is 15.0 Å². The van der Waals surface area contributed by atoms with Crippen molar-refractivity contribution in [2.24, 2.45) is 5.92 Å². The normalized spacial score (nSPS) is 15.9. The second-order valence-corrected chi connectivity index (χ2v) is 6.92. The summed E-state index contributed by atoms with van der Waals surface area (Å²) >= 11 is 0. The summed E-state index contributed by atoms with van der Waals surface area (Å²) in [6.45, 7) is 4.59. The lowest BCUT2D eigenvalue weighted by Gasteiger charge is -2.31. The molecule has 1 aliphatic rings. The number of likely N-dealkylation sites (tertiary alicyclic amines) is 1. The first kappa shape index (κ1) is 17.5. The molecular formula is C19H23N7O. The van der Waals surface area contributed by atoms with Gasteiger partial charge in [-0.15, -0.1) is 0 Å². The van der Waals surface area contributed by atoms with Crippen molar-refractivity contribution in [2.75, 3.05) is 19.6 Å². The Morgan fingerprint density at radius 1 is 1.07 bits per heavy atom. The fourth-order valence-corrected chi connectivity index (χ4v) is 3.50. The van der Waals surface area contributed by atoms with Crippen LogP contribution in [0.2, 0.25) is 0 Å². The highest BCUT2D eigenvalue weighted by molar-refractivity contribution is 5.56. The molecule has 0 atom stereocenters. The molecular weight excluding hydrogens is 342 g/mol. The molecule has 0 saturated carbocycles. The zero-order valence-corrected chi connectivity index (χ0v) is 15.2. The van der Waals surface area contributed by atoms with Crippen molar-refractivity contribution in [3.8, 4) is 11.3 Å². The van der Waals surface area contributed by atoms with Gasteiger partial charge in [0.2, 0.25) is 0 Å². The molecule has 0 spiro atoms. The first-order valence-corrected chi connectivity index (χ1v) is 9.31. The molecule has 1 aliphatic heterocycles. The minimum atomic E-state index is -0.00367. The standard InChI is InChI=1S/C19H23N7O/c27-19-12-18(17-2-1-5-20-13-17)21-15-25(19)14-16-3-8-24(9-4-16)10-11-26-22-6-7-23-26/h1-2,5-7,12-13,15-16H,3-4,8-11,14H2. The van der Waals surface area contributed by atoms with E-state index >= 15 is 0 Å². The van der Waals surface area contributed by atoms with Crippen molar-refractivity contribution in [3.63, 3.8) is 0 Å². The Hall–Kier alpha value is -2.87. The molecule has 8 heteroatoms. The Labute approximate surface area is 157 Å². The van der Waals surface area contributed by atoms with Gasteiger partial charge in [0.25, 0.3) is 5.56 Å². The van der Waals surface area contributed by atoms with Gasteiger partial charge >= 0.3 is 0 Å². The van der Waals surface area contributed by atoms with Crippen molar-refractivity contribution < 1.29 is 0 Å². The smallest absolute Gasteiger partial charge is 0.253 e. The molecule has 0 radical (unpaired) electrons. The number of rotatable bonds is 6. The van der Waals surface area contributed by atoms with E-state index in [9.17, 15) is 4.79 Å². The van der Waals surface area contributed by atoms with E-state index in [4.69, 9.17) is 0 Å². The molecule has 4 rings (SSSR count). The third-order valence-corrected chi connectivity index (χ3v) is 5.08. The number of aromatic nitrogens is 6.